The standard InChI is InChI=1S/C17H26N4O2S2/c1-12-19-20-17(25-12)24-10-4-9-18-16(23)13-7-8-15(22)21(11-13)14-5-2-3-6-14/h13-14H,2-11H2,1H3,(H,18,23)/t13-/m0/s1. The van der Waals surface area contributed by atoms with Gasteiger partial charge >= 0.3 is 0 Å². The summed E-state index contributed by atoms with van der Waals surface area (Å²) in [5.41, 5.74) is 0. The maximum atomic E-state index is 12.4. The first-order valence-electron chi connectivity index (χ1n) is 9.13. The first kappa shape index (κ1) is 18.6. The second kappa shape index (κ2) is 8.98. The van der Waals surface area contributed by atoms with E-state index < -0.39 is 0 Å². The Kier molecular flexibility index (Phi) is 6.70. The van der Waals surface area contributed by atoms with Crippen molar-refractivity contribution in [2.75, 3.05) is 18.8 Å². The molecule has 1 saturated heterocycles. The molecule has 0 spiro atoms. The van der Waals surface area contributed by atoms with Gasteiger partial charge in [-0.25, -0.2) is 0 Å². The molecule has 1 saturated carbocycles. The van der Waals surface area contributed by atoms with Gasteiger partial charge < -0.3 is 10.2 Å². The van der Waals surface area contributed by atoms with Crippen molar-refractivity contribution < 1.29 is 9.59 Å². The summed E-state index contributed by atoms with van der Waals surface area (Å²) in [6, 6.07) is 0.370. The van der Waals surface area contributed by atoms with Crippen LogP contribution < -0.4 is 5.32 Å². The van der Waals surface area contributed by atoms with E-state index in [-0.39, 0.29) is 17.7 Å². The Labute approximate surface area is 157 Å². The number of piperidine rings is 1. The molecule has 0 radical (unpaired) electrons. The molecule has 0 aromatic carbocycles. The van der Waals surface area contributed by atoms with E-state index in [9.17, 15) is 9.59 Å². The van der Waals surface area contributed by atoms with Crippen LogP contribution in [0.4, 0.5) is 0 Å². The Hall–Kier alpha value is -1.15. The number of thioether (sulfide) groups is 1. The van der Waals surface area contributed by atoms with E-state index >= 15 is 0 Å². The number of hydrogen-bond donors (Lipinski definition) is 1. The molecule has 138 valence electrons. The molecule has 1 atom stereocenters. The van der Waals surface area contributed by atoms with Gasteiger partial charge in [0, 0.05) is 31.3 Å². The van der Waals surface area contributed by atoms with Crippen molar-refractivity contribution in [3.8, 4) is 0 Å². The third-order valence-corrected chi connectivity index (χ3v) is 6.99. The summed E-state index contributed by atoms with van der Waals surface area (Å²) in [6.07, 6.45) is 6.72. The van der Waals surface area contributed by atoms with Crippen LogP contribution in [0.3, 0.4) is 0 Å². The van der Waals surface area contributed by atoms with Gasteiger partial charge in [0.05, 0.1) is 5.92 Å². The lowest BCUT2D eigenvalue weighted by Gasteiger charge is -2.36. The minimum absolute atomic E-state index is 0.0447. The van der Waals surface area contributed by atoms with Crippen LogP contribution in [0, 0.1) is 12.8 Å². The first-order valence-corrected chi connectivity index (χ1v) is 10.9. The predicted octanol–water partition coefficient (Wildman–Crippen LogP) is 2.63. The van der Waals surface area contributed by atoms with Gasteiger partial charge in [0.2, 0.25) is 11.8 Å². The van der Waals surface area contributed by atoms with Crippen molar-refractivity contribution in [1.29, 1.82) is 0 Å². The quantitative estimate of drug-likeness (QED) is 0.579. The van der Waals surface area contributed by atoms with Crippen LogP contribution in [0.5, 0.6) is 0 Å². The van der Waals surface area contributed by atoms with E-state index in [0.717, 1.165) is 34.4 Å². The number of nitrogens with one attached hydrogen (secondary N) is 1. The summed E-state index contributed by atoms with van der Waals surface area (Å²) in [7, 11) is 0. The average molecular weight is 383 g/mol. The minimum Gasteiger partial charge on any atom is -0.356 e. The Morgan fingerprint density at radius 3 is 2.84 bits per heavy atom. The fourth-order valence-corrected chi connectivity index (χ4v) is 5.40. The van der Waals surface area contributed by atoms with Gasteiger partial charge in [0.15, 0.2) is 4.34 Å². The van der Waals surface area contributed by atoms with Crippen LogP contribution in [0.15, 0.2) is 4.34 Å². The highest BCUT2D eigenvalue weighted by atomic mass is 32.2. The third-order valence-electron chi connectivity index (χ3n) is 4.93. The van der Waals surface area contributed by atoms with Gasteiger partial charge in [-0.15, -0.1) is 10.2 Å². The predicted molar refractivity (Wildman–Crippen MR) is 99.7 cm³/mol. The van der Waals surface area contributed by atoms with Crippen molar-refractivity contribution in [1.82, 2.24) is 20.4 Å². The molecular formula is C17H26N4O2S2. The number of rotatable bonds is 7. The molecule has 0 unspecified atom stereocenters. The number of carbonyl (C=O) groups is 2. The fourth-order valence-electron chi connectivity index (χ4n) is 3.58. The summed E-state index contributed by atoms with van der Waals surface area (Å²) < 4.78 is 0.988. The maximum Gasteiger partial charge on any atom is 0.224 e. The molecule has 1 aromatic rings. The molecule has 1 aromatic heterocycles. The Balaban J connectivity index is 1.36. The zero-order valence-electron chi connectivity index (χ0n) is 14.7. The number of likely N-dealkylation sites (tertiary alicyclic amines) is 1. The number of aromatic nitrogens is 2. The largest absolute Gasteiger partial charge is 0.356 e. The van der Waals surface area contributed by atoms with Gasteiger partial charge in [0.1, 0.15) is 5.01 Å². The summed E-state index contributed by atoms with van der Waals surface area (Å²) in [5, 5.41) is 12.1. The van der Waals surface area contributed by atoms with Crippen molar-refractivity contribution in [3.05, 3.63) is 5.01 Å². The second-order valence-electron chi connectivity index (χ2n) is 6.80. The van der Waals surface area contributed by atoms with Crippen LogP contribution in [0.25, 0.3) is 0 Å². The highest BCUT2D eigenvalue weighted by molar-refractivity contribution is 8.01. The van der Waals surface area contributed by atoms with Crippen LogP contribution in [-0.4, -0.2) is 51.8 Å². The third kappa shape index (κ3) is 5.17. The molecule has 2 fully saturated rings. The highest BCUT2D eigenvalue weighted by Crippen LogP contribution is 2.28. The summed E-state index contributed by atoms with van der Waals surface area (Å²) >= 11 is 3.29. The lowest BCUT2D eigenvalue weighted by atomic mass is 9.95. The number of hydrogen-bond acceptors (Lipinski definition) is 6. The molecular weight excluding hydrogens is 356 g/mol. The number of carbonyl (C=O) groups excluding carboxylic acids is 2. The molecule has 1 aliphatic heterocycles. The molecule has 1 N–H and O–H groups in total. The molecule has 0 bridgehead atoms. The van der Waals surface area contributed by atoms with Crippen LogP contribution >= 0.6 is 23.1 Å². The van der Waals surface area contributed by atoms with Gasteiger partial charge in [-0.1, -0.05) is 35.9 Å². The molecule has 2 heterocycles. The molecule has 6 nitrogen and oxygen atoms in total. The Morgan fingerprint density at radius 2 is 2.12 bits per heavy atom. The molecule has 3 rings (SSSR count). The van der Waals surface area contributed by atoms with Crippen molar-refractivity contribution >= 4 is 34.9 Å². The van der Waals surface area contributed by atoms with Gasteiger partial charge in [-0.05, 0) is 32.6 Å². The van der Waals surface area contributed by atoms with Gasteiger partial charge in [0.25, 0.3) is 0 Å². The first-order chi connectivity index (χ1) is 12.1. The number of aryl methyl sites for hydroxylation is 1. The summed E-state index contributed by atoms with van der Waals surface area (Å²) in [6.45, 7) is 3.23. The lowest BCUT2D eigenvalue weighted by Crippen LogP contribution is -2.49. The Morgan fingerprint density at radius 1 is 1.32 bits per heavy atom. The number of amides is 2. The maximum absolute atomic E-state index is 12.4. The second-order valence-corrected chi connectivity index (χ2v) is 9.32. The van der Waals surface area contributed by atoms with E-state index in [0.29, 0.717) is 32.0 Å². The fraction of sp³-hybridized carbons (Fsp3) is 0.765. The molecule has 2 aliphatic rings. The average Bonchev–Trinajstić information content (AvgIpc) is 3.26. The Bertz CT molecular complexity index is 601. The van der Waals surface area contributed by atoms with E-state index in [1.54, 1.807) is 23.1 Å². The van der Waals surface area contributed by atoms with E-state index in [2.05, 4.69) is 15.5 Å². The highest BCUT2D eigenvalue weighted by Gasteiger charge is 2.34. The smallest absolute Gasteiger partial charge is 0.224 e. The van der Waals surface area contributed by atoms with Crippen LogP contribution in [0.2, 0.25) is 0 Å². The van der Waals surface area contributed by atoms with Crippen molar-refractivity contribution in [2.24, 2.45) is 5.92 Å². The van der Waals surface area contributed by atoms with Crippen LogP contribution in [-0.2, 0) is 9.59 Å². The van der Waals surface area contributed by atoms with Gasteiger partial charge in [-0.2, -0.15) is 0 Å². The van der Waals surface area contributed by atoms with Gasteiger partial charge in [-0.3, -0.25) is 9.59 Å². The summed E-state index contributed by atoms with van der Waals surface area (Å²) in [4.78, 5) is 26.6. The minimum atomic E-state index is -0.0447. The molecule has 8 heteroatoms. The zero-order valence-corrected chi connectivity index (χ0v) is 16.3. The zero-order chi connectivity index (χ0) is 17.6. The SMILES string of the molecule is Cc1nnc(SCCCNC(=O)[C@H]2CCC(=O)N(C3CCCC3)C2)s1. The van der Waals surface area contributed by atoms with E-state index in [1.165, 1.54) is 12.8 Å². The van der Waals surface area contributed by atoms with Crippen molar-refractivity contribution in [3.63, 3.8) is 0 Å². The molecule has 1 aliphatic carbocycles. The van der Waals surface area contributed by atoms with E-state index in [1.807, 2.05) is 11.8 Å². The topological polar surface area (TPSA) is 75.2 Å². The molecule has 25 heavy (non-hydrogen) atoms. The molecule has 2 amide bonds. The lowest BCUT2D eigenvalue weighted by molar-refractivity contribution is -0.140. The summed E-state index contributed by atoms with van der Waals surface area (Å²) in [5.74, 6) is 1.22. The van der Waals surface area contributed by atoms with Crippen molar-refractivity contribution in [2.45, 2.75) is 62.3 Å². The number of nitrogens with zero attached hydrogens (tertiary/aromatic N) is 3. The van der Waals surface area contributed by atoms with Crippen LogP contribution in [0.1, 0.15) is 50.0 Å². The van der Waals surface area contributed by atoms with E-state index in [4.69, 9.17) is 0 Å². The normalized spacial score (nSPS) is 21.7. The monoisotopic (exact) mass is 382 g/mol.